The molecule has 2 amide bonds. The summed E-state index contributed by atoms with van der Waals surface area (Å²) in [5.74, 6) is -0.270. The van der Waals surface area contributed by atoms with Crippen molar-refractivity contribution in [1.29, 1.82) is 0 Å². The normalized spacial score (nSPS) is 34.3. The van der Waals surface area contributed by atoms with E-state index < -0.39 is 11.5 Å². The predicted molar refractivity (Wildman–Crippen MR) is 114 cm³/mol. The maximum absolute atomic E-state index is 13.2. The van der Waals surface area contributed by atoms with Gasteiger partial charge in [-0.3, -0.25) is 14.5 Å². The number of hydrogen-bond donors (Lipinski definition) is 3. The van der Waals surface area contributed by atoms with Crippen molar-refractivity contribution in [3.63, 3.8) is 0 Å². The molecule has 3 N–H and O–H groups in total. The number of carbonyl (C=O) groups is 2. The summed E-state index contributed by atoms with van der Waals surface area (Å²) in [5, 5.41) is 10.7. The zero-order chi connectivity index (χ0) is 21.5. The average Bonchev–Trinajstić information content (AvgIpc) is 2.91. The topological polar surface area (TPSA) is 66.5 Å². The Hall–Kier alpha value is -1.76. The highest BCUT2D eigenvalue weighted by Gasteiger charge is 2.64. The number of quaternary nitrogens is 2. The molecule has 6 nitrogen and oxygen atoms in total. The van der Waals surface area contributed by atoms with Crippen LogP contribution in [0.3, 0.4) is 0 Å². The first-order valence-corrected chi connectivity index (χ1v) is 11.5. The number of imide groups is 1. The summed E-state index contributed by atoms with van der Waals surface area (Å²) < 4.78 is 0. The van der Waals surface area contributed by atoms with E-state index in [-0.39, 0.29) is 29.7 Å². The molecule has 3 atom stereocenters. The second-order valence-electron chi connectivity index (χ2n) is 10.4. The van der Waals surface area contributed by atoms with Crippen LogP contribution >= 0.6 is 0 Å². The lowest BCUT2D eigenvalue weighted by atomic mass is 9.62. The number of piperazine rings is 1. The van der Waals surface area contributed by atoms with Gasteiger partial charge in [-0.05, 0) is 18.3 Å². The Bertz CT molecular complexity index is 788. The van der Waals surface area contributed by atoms with Crippen molar-refractivity contribution < 1.29 is 24.5 Å². The monoisotopic (exact) mass is 415 g/mol. The number of β-amino-alcohol motifs (C(OH)–C–C–N with tert-alkyl or cyclic N) is 1. The van der Waals surface area contributed by atoms with Crippen molar-refractivity contribution in [3.8, 4) is 0 Å². The van der Waals surface area contributed by atoms with Crippen molar-refractivity contribution >= 4 is 11.8 Å². The first-order valence-electron chi connectivity index (χ1n) is 11.5. The Morgan fingerprint density at radius 1 is 1.07 bits per heavy atom. The molecule has 1 aliphatic carbocycles. The third-order valence-corrected chi connectivity index (χ3v) is 8.39. The molecule has 2 heterocycles. The van der Waals surface area contributed by atoms with Gasteiger partial charge in [0.15, 0.2) is 0 Å². The summed E-state index contributed by atoms with van der Waals surface area (Å²) in [7, 11) is 0. The maximum Gasteiger partial charge on any atom is 0.235 e. The molecular weight excluding hydrogens is 378 g/mol. The van der Waals surface area contributed by atoms with Gasteiger partial charge in [-0.2, -0.15) is 0 Å². The fourth-order valence-electron chi connectivity index (χ4n) is 5.91. The molecule has 3 aliphatic rings. The minimum atomic E-state index is -0.659. The summed E-state index contributed by atoms with van der Waals surface area (Å²) >= 11 is 0. The van der Waals surface area contributed by atoms with Crippen molar-refractivity contribution in [2.45, 2.75) is 46.3 Å². The molecule has 164 valence electrons. The van der Waals surface area contributed by atoms with Crippen LogP contribution < -0.4 is 9.80 Å². The number of rotatable bonds is 6. The molecule has 2 bridgehead atoms. The summed E-state index contributed by atoms with van der Waals surface area (Å²) in [4.78, 5) is 30.5. The highest BCUT2D eigenvalue weighted by Crippen LogP contribution is 2.59. The Morgan fingerprint density at radius 2 is 1.70 bits per heavy atom. The second kappa shape index (κ2) is 8.06. The lowest BCUT2D eigenvalue weighted by molar-refractivity contribution is -1.02. The van der Waals surface area contributed by atoms with Gasteiger partial charge < -0.3 is 14.9 Å². The largest absolute Gasteiger partial charge is 0.385 e. The summed E-state index contributed by atoms with van der Waals surface area (Å²) in [6.45, 7) is 12.1. The van der Waals surface area contributed by atoms with E-state index in [0.29, 0.717) is 6.54 Å². The predicted octanol–water partition coefficient (Wildman–Crippen LogP) is -0.858. The summed E-state index contributed by atoms with van der Waals surface area (Å²) in [6.07, 6.45) is 0.880. The molecule has 1 aromatic carbocycles. The van der Waals surface area contributed by atoms with Crippen LogP contribution in [0.4, 0.5) is 0 Å². The van der Waals surface area contributed by atoms with E-state index in [9.17, 15) is 14.7 Å². The zero-order valence-corrected chi connectivity index (χ0v) is 18.6. The number of hydrogen-bond acceptors (Lipinski definition) is 3. The van der Waals surface area contributed by atoms with Crippen LogP contribution in [0.25, 0.3) is 0 Å². The van der Waals surface area contributed by atoms with E-state index in [4.69, 9.17) is 0 Å². The summed E-state index contributed by atoms with van der Waals surface area (Å²) in [5.41, 5.74) is 0.570. The molecule has 30 heavy (non-hydrogen) atoms. The molecule has 0 radical (unpaired) electrons. The van der Waals surface area contributed by atoms with Crippen LogP contribution in [0.5, 0.6) is 0 Å². The van der Waals surface area contributed by atoms with Gasteiger partial charge in [0.2, 0.25) is 11.8 Å². The standard InChI is InChI=1S/C24H35N3O3/c1-23(2)20-9-10-24(23,3)22(30)27(21(20)29)17-19(28)16-26-13-11-25(12-14-26)15-18-7-5-4-6-8-18/h4-8,19-20,28H,9-17H2,1-3H3/p+2/t19-,20+,24-/m1/s1. The Morgan fingerprint density at radius 3 is 2.37 bits per heavy atom. The van der Waals surface area contributed by atoms with E-state index in [1.807, 2.05) is 13.0 Å². The second-order valence-corrected chi connectivity index (χ2v) is 10.4. The molecule has 0 aromatic heterocycles. The number of carbonyl (C=O) groups excluding carboxylic acids is 2. The van der Waals surface area contributed by atoms with E-state index in [1.165, 1.54) is 15.4 Å². The Balaban J connectivity index is 1.29. The van der Waals surface area contributed by atoms with Gasteiger partial charge in [-0.15, -0.1) is 0 Å². The minimum Gasteiger partial charge on any atom is -0.385 e. The fourth-order valence-corrected chi connectivity index (χ4v) is 5.91. The summed E-state index contributed by atoms with van der Waals surface area (Å²) in [6, 6.07) is 10.6. The van der Waals surface area contributed by atoms with Crippen molar-refractivity contribution in [1.82, 2.24) is 4.90 Å². The molecule has 3 fully saturated rings. The third kappa shape index (κ3) is 3.70. The van der Waals surface area contributed by atoms with Crippen molar-refractivity contribution in [2.75, 3.05) is 39.3 Å². The smallest absolute Gasteiger partial charge is 0.235 e. The molecule has 2 saturated heterocycles. The van der Waals surface area contributed by atoms with Crippen LogP contribution in [-0.2, 0) is 16.1 Å². The highest BCUT2D eigenvalue weighted by molar-refractivity contribution is 6.03. The van der Waals surface area contributed by atoms with Gasteiger partial charge in [-0.1, -0.05) is 51.1 Å². The van der Waals surface area contributed by atoms with E-state index in [2.05, 4.69) is 38.1 Å². The van der Waals surface area contributed by atoms with Gasteiger partial charge in [0, 0.05) is 11.5 Å². The lowest BCUT2D eigenvalue weighted by Gasteiger charge is -2.48. The molecule has 2 aliphatic heterocycles. The van der Waals surface area contributed by atoms with Gasteiger partial charge in [0.25, 0.3) is 0 Å². The number of aliphatic hydroxyl groups excluding tert-OH is 1. The van der Waals surface area contributed by atoms with Crippen LogP contribution in [0, 0.1) is 16.7 Å². The minimum absolute atomic E-state index is 0.0776. The number of likely N-dealkylation sites (tertiary alicyclic amines) is 1. The molecule has 4 rings (SSSR count). The number of fused-ring (bicyclic) bond motifs is 2. The molecule has 0 unspecified atom stereocenters. The van der Waals surface area contributed by atoms with E-state index in [0.717, 1.165) is 45.6 Å². The third-order valence-electron chi connectivity index (χ3n) is 8.39. The van der Waals surface area contributed by atoms with Crippen LogP contribution in [0.1, 0.15) is 39.2 Å². The van der Waals surface area contributed by atoms with Gasteiger partial charge in [0.1, 0.15) is 45.4 Å². The lowest BCUT2D eigenvalue weighted by Crippen LogP contribution is -3.28. The van der Waals surface area contributed by atoms with Crippen LogP contribution in [0.15, 0.2) is 30.3 Å². The number of piperidine rings is 1. The Labute approximate surface area is 179 Å². The average molecular weight is 416 g/mol. The zero-order valence-electron chi connectivity index (χ0n) is 18.6. The number of benzene rings is 1. The molecule has 1 aromatic rings. The maximum atomic E-state index is 13.2. The SMILES string of the molecule is CC1(C)[C@H]2CC[C@]1(C)C(=O)N(C[C@H](O)C[NH+]1CC[NH+](Cc3ccccc3)CC1)C2=O. The first kappa shape index (κ1) is 21.5. The molecule has 0 spiro atoms. The van der Waals surface area contributed by atoms with Crippen LogP contribution in [-0.4, -0.2) is 67.2 Å². The number of amides is 2. The van der Waals surface area contributed by atoms with Crippen molar-refractivity contribution in [2.24, 2.45) is 16.7 Å². The number of aliphatic hydroxyl groups is 1. The Kier molecular flexibility index (Phi) is 5.77. The van der Waals surface area contributed by atoms with Gasteiger partial charge in [-0.25, -0.2) is 0 Å². The van der Waals surface area contributed by atoms with E-state index >= 15 is 0 Å². The number of nitrogens with one attached hydrogen (secondary N) is 2. The fraction of sp³-hybridized carbons (Fsp3) is 0.667. The highest BCUT2D eigenvalue weighted by atomic mass is 16.3. The molecular formula is C24H37N3O3+2. The molecule has 1 saturated carbocycles. The van der Waals surface area contributed by atoms with Crippen LogP contribution in [0.2, 0.25) is 0 Å². The van der Waals surface area contributed by atoms with Gasteiger partial charge in [0.05, 0.1) is 12.0 Å². The van der Waals surface area contributed by atoms with Gasteiger partial charge >= 0.3 is 0 Å². The number of nitrogens with zero attached hydrogens (tertiary/aromatic N) is 1. The first-order chi connectivity index (χ1) is 14.2. The quantitative estimate of drug-likeness (QED) is 0.530. The van der Waals surface area contributed by atoms with Crippen molar-refractivity contribution in [3.05, 3.63) is 35.9 Å². The van der Waals surface area contributed by atoms with E-state index in [1.54, 1.807) is 4.90 Å². The molecule has 6 heteroatoms.